The van der Waals surface area contributed by atoms with Gasteiger partial charge in [0.25, 0.3) is 5.91 Å². The van der Waals surface area contributed by atoms with Crippen molar-refractivity contribution >= 4 is 23.3 Å². The van der Waals surface area contributed by atoms with Gasteiger partial charge in [-0.3, -0.25) is 9.59 Å². The van der Waals surface area contributed by atoms with Crippen molar-refractivity contribution in [3.8, 4) is 0 Å². The molecule has 3 aromatic heterocycles. The number of nitrogens with two attached hydrogens (primary N) is 1. The number of nitrogens with zero attached hydrogens (tertiary/aromatic N) is 5. The second-order valence-electron chi connectivity index (χ2n) is 8.23. The van der Waals surface area contributed by atoms with Gasteiger partial charge >= 0.3 is 0 Å². The number of carbonyl (C=O) groups excluding carboxylic acids is 2. The Kier molecular flexibility index (Phi) is 6.34. The molecular weight excluding hydrogens is 406 g/mol. The lowest BCUT2D eigenvalue weighted by atomic mass is 10.1. The van der Waals surface area contributed by atoms with Gasteiger partial charge in [-0.2, -0.15) is 5.10 Å². The largest absolute Gasteiger partial charge is 0.365 e. The summed E-state index contributed by atoms with van der Waals surface area (Å²) in [6.45, 7) is 6.26. The number of aromatic nitrogens is 4. The molecule has 0 aromatic carbocycles. The first kappa shape index (κ1) is 21.7. The van der Waals surface area contributed by atoms with Crippen molar-refractivity contribution in [1.29, 1.82) is 0 Å². The van der Waals surface area contributed by atoms with Crippen LogP contribution in [0.1, 0.15) is 58.6 Å². The van der Waals surface area contributed by atoms with Gasteiger partial charge in [0.15, 0.2) is 5.65 Å². The van der Waals surface area contributed by atoms with E-state index in [9.17, 15) is 9.59 Å². The molecule has 0 unspecified atom stereocenters. The molecule has 3 aromatic rings. The van der Waals surface area contributed by atoms with E-state index in [0.29, 0.717) is 30.6 Å². The molecule has 0 aliphatic carbocycles. The average Bonchev–Trinajstić information content (AvgIpc) is 3.22. The average molecular weight is 436 g/mol. The SMILES string of the molecule is Cc1nc2c(C(N)=O)cnn2c(C)c1CCC(=O)NCc1cccnc1N1CCCCC1. The molecule has 0 radical (unpaired) electrons. The van der Waals surface area contributed by atoms with E-state index in [4.69, 9.17) is 5.73 Å². The molecule has 1 aliphatic rings. The van der Waals surface area contributed by atoms with E-state index < -0.39 is 5.91 Å². The number of primary amides is 1. The quantitative estimate of drug-likeness (QED) is 0.587. The first-order chi connectivity index (χ1) is 15.5. The monoisotopic (exact) mass is 435 g/mol. The Hall–Kier alpha value is -3.49. The summed E-state index contributed by atoms with van der Waals surface area (Å²) in [4.78, 5) is 35.6. The van der Waals surface area contributed by atoms with Gasteiger partial charge < -0.3 is 16.0 Å². The van der Waals surface area contributed by atoms with E-state index in [1.54, 1.807) is 4.52 Å². The van der Waals surface area contributed by atoms with E-state index in [0.717, 1.165) is 41.4 Å². The number of pyridine rings is 1. The zero-order chi connectivity index (χ0) is 22.7. The molecule has 2 amide bonds. The molecule has 4 heterocycles. The summed E-state index contributed by atoms with van der Waals surface area (Å²) in [6.07, 6.45) is 7.72. The van der Waals surface area contributed by atoms with Crippen LogP contribution in [0.2, 0.25) is 0 Å². The summed E-state index contributed by atoms with van der Waals surface area (Å²) in [6, 6.07) is 3.93. The van der Waals surface area contributed by atoms with E-state index in [1.165, 1.54) is 25.5 Å². The van der Waals surface area contributed by atoms with Crippen molar-refractivity contribution in [1.82, 2.24) is 24.9 Å². The molecule has 4 rings (SSSR count). The number of piperidine rings is 1. The molecule has 0 atom stereocenters. The fourth-order valence-corrected chi connectivity index (χ4v) is 4.33. The number of carbonyl (C=O) groups is 2. The van der Waals surface area contributed by atoms with E-state index >= 15 is 0 Å². The second kappa shape index (κ2) is 9.33. The Bertz CT molecular complexity index is 1150. The zero-order valence-corrected chi connectivity index (χ0v) is 18.6. The van der Waals surface area contributed by atoms with Gasteiger partial charge in [-0.1, -0.05) is 6.07 Å². The number of aryl methyl sites for hydroxylation is 2. The molecule has 0 saturated carbocycles. The second-order valence-corrected chi connectivity index (χ2v) is 8.23. The van der Waals surface area contributed by atoms with Gasteiger partial charge in [0.1, 0.15) is 11.4 Å². The lowest BCUT2D eigenvalue weighted by Gasteiger charge is -2.29. The van der Waals surface area contributed by atoms with Crippen molar-refractivity contribution in [2.45, 2.75) is 52.5 Å². The van der Waals surface area contributed by atoms with Crippen LogP contribution >= 0.6 is 0 Å². The summed E-state index contributed by atoms with van der Waals surface area (Å²) >= 11 is 0. The first-order valence-electron chi connectivity index (χ1n) is 11.0. The van der Waals surface area contributed by atoms with Crippen LogP contribution in [0.3, 0.4) is 0 Å². The van der Waals surface area contributed by atoms with Crippen molar-refractivity contribution in [2.75, 3.05) is 18.0 Å². The predicted octanol–water partition coefficient (Wildman–Crippen LogP) is 2.08. The lowest BCUT2D eigenvalue weighted by molar-refractivity contribution is -0.121. The van der Waals surface area contributed by atoms with Crippen LogP contribution in [0.15, 0.2) is 24.5 Å². The summed E-state index contributed by atoms with van der Waals surface area (Å²) < 4.78 is 1.61. The van der Waals surface area contributed by atoms with Gasteiger partial charge in [-0.15, -0.1) is 0 Å². The number of fused-ring (bicyclic) bond motifs is 1. The summed E-state index contributed by atoms with van der Waals surface area (Å²) in [5.74, 6) is 0.381. The third-order valence-corrected chi connectivity index (χ3v) is 6.08. The minimum atomic E-state index is -0.558. The Balaban J connectivity index is 1.41. The van der Waals surface area contributed by atoms with E-state index in [1.807, 2.05) is 32.2 Å². The molecule has 1 fully saturated rings. The van der Waals surface area contributed by atoms with Crippen LogP contribution in [0.4, 0.5) is 5.82 Å². The van der Waals surface area contributed by atoms with Crippen molar-refractivity contribution in [3.63, 3.8) is 0 Å². The fraction of sp³-hybridized carbons (Fsp3) is 0.435. The van der Waals surface area contributed by atoms with Crippen LogP contribution in [0, 0.1) is 13.8 Å². The van der Waals surface area contributed by atoms with Gasteiger partial charge in [0.2, 0.25) is 5.91 Å². The molecule has 9 heteroatoms. The number of hydrogen-bond acceptors (Lipinski definition) is 6. The Morgan fingerprint density at radius 3 is 2.72 bits per heavy atom. The molecule has 1 aliphatic heterocycles. The molecular formula is C23H29N7O2. The van der Waals surface area contributed by atoms with Gasteiger partial charge in [0.05, 0.1) is 6.20 Å². The fourth-order valence-electron chi connectivity index (χ4n) is 4.33. The highest BCUT2D eigenvalue weighted by atomic mass is 16.1. The number of nitrogens with one attached hydrogen (secondary N) is 1. The molecule has 168 valence electrons. The van der Waals surface area contributed by atoms with Crippen LogP contribution < -0.4 is 16.0 Å². The maximum absolute atomic E-state index is 12.6. The van der Waals surface area contributed by atoms with E-state index in [2.05, 4.69) is 25.3 Å². The maximum atomic E-state index is 12.6. The molecule has 1 saturated heterocycles. The number of anilines is 1. The first-order valence-corrected chi connectivity index (χ1v) is 11.0. The standard InChI is InChI=1S/C23H29N7O2/c1-15-18(16(2)30-23(28-15)19(14-27-30)21(24)32)8-9-20(31)26-13-17-7-6-10-25-22(17)29-11-4-3-5-12-29/h6-7,10,14H,3-5,8-9,11-13H2,1-2H3,(H2,24,32)(H,26,31). The summed E-state index contributed by atoms with van der Waals surface area (Å²) in [5.41, 5.74) is 9.75. The highest BCUT2D eigenvalue weighted by molar-refractivity contribution is 5.98. The van der Waals surface area contributed by atoms with Gasteiger partial charge in [0, 0.05) is 49.2 Å². The Labute approximate surface area is 187 Å². The van der Waals surface area contributed by atoms with Crippen molar-refractivity contribution < 1.29 is 9.59 Å². The number of amides is 2. The summed E-state index contributed by atoms with van der Waals surface area (Å²) in [7, 11) is 0. The molecule has 9 nitrogen and oxygen atoms in total. The Morgan fingerprint density at radius 2 is 1.97 bits per heavy atom. The highest BCUT2D eigenvalue weighted by Gasteiger charge is 2.18. The third kappa shape index (κ3) is 4.42. The lowest BCUT2D eigenvalue weighted by Crippen LogP contribution is -2.32. The van der Waals surface area contributed by atoms with Crippen LogP contribution in [0.25, 0.3) is 5.65 Å². The minimum absolute atomic E-state index is 0.0318. The number of hydrogen-bond donors (Lipinski definition) is 2. The van der Waals surface area contributed by atoms with Gasteiger partial charge in [-0.25, -0.2) is 14.5 Å². The molecule has 3 N–H and O–H groups in total. The molecule has 0 bridgehead atoms. The summed E-state index contributed by atoms with van der Waals surface area (Å²) in [5, 5.41) is 7.27. The van der Waals surface area contributed by atoms with E-state index in [-0.39, 0.29) is 5.91 Å². The van der Waals surface area contributed by atoms with Gasteiger partial charge in [-0.05, 0) is 51.2 Å². The highest BCUT2D eigenvalue weighted by Crippen LogP contribution is 2.22. The van der Waals surface area contributed by atoms with Crippen LogP contribution in [0.5, 0.6) is 0 Å². The minimum Gasteiger partial charge on any atom is -0.365 e. The smallest absolute Gasteiger partial charge is 0.254 e. The molecule has 0 spiro atoms. The van der Waals surface area contributed by atoms with Crippen LogP contribution in [-0.2, 0) is 17.8 Å². The molecule has 32 heavy (non-hydrogen) atoms. The van der Waals surface area contributed by atoms with Crippen molar-refractivity contribution in [2.24, 2.45) is 5.73 Å². The zero-order valence-electron chi connectivity index (χ0n) is 18.6. The van der Waals surface area contributed by atoms with Crippen LogP contribution in [-0.4, -0.2) is 44.5 Å². The topological polar surface area (TPSA) is 119 Å². The predicted molar refractivity (Wildman–Crippen MR) is 121 cm³/mol. The Morgan fingerprint density at radius 1 is 1.19 bits per heavy atom. The third-order valence-electron chi connectivity index (χ3n) is 6.08. The number of rotatable bonds is 7. The van der Waals surface area contributed by atoms with Crippen molar-refractivity contribution in [3.05, 3.63) is 52.6 Å². The maximum Gasteiger partial charge on any atom is 0.254 e. The normalized spacial score (nSPS) is 14.0.